The van der Waals surface area contributed by atoms with Crippen LogP contribution in [0.5, 0.6) is 0 Å². The number of nitrogens with zero attached hydrogens (tertiary/aromatic N) is 3. The van der Waals surface area contributed by atoms with Crippen LogP contribution in [0.2, 0.25) is 0 Å². The monoisotopic (exact) mass is 341 g/mol. The van der Waals surface area contributed by atoms with Crippen LogP contribution in [0.4, 0.5) is 0 Å². The average Bonchev–Trinajstić information content (AvgIpc) is 2.98. The van der Waals surface area contributed by atoms with E-state index in [0.717, 1.165) is 25.1 Å². The van der Waals surface area contributed by atoms with Gasteiger partial charge in [0.1, 0.15) is 5.82 Å². The molecule has 2 heterocycles. The van der Waals surface area contributed by atoms with Crippen LogP contribution in [-0.2, 0) is 0 Å². The normalized spacial score (nSPS) is 20.7. The Kier molecular flexibility index (Phi) is 5.18. The van der Waals surface area contributed by atoms with E-state index >= 15 is 0 Å². The van der Waals surface area contributed by atoms with Crippen LogP contribution in [0, 0.1) is 6.92 Å². The van der Waals surface area contributed by atoms with E-state index in [1.165, 1.54) is 5.56 Å². The number of hydrogen-bond acceptors (Lipinski definition) is 4. The number of para-hydroxylation sites is 1. The first-order valence-electron chi connectivity index (χ1n) is 9.04. The van der Waals surface area contributed by atoms with Crippen LogP contribution in [0.15, 0.2) is 24.3 Å². The molecule has 2 unspecified atom stereocenters. The molecule has 0 spiro atoms. The summed E-state index contributed by atoms with van der Waals surface area (Å²) in [5, 5.41) is 11.0. The van der Waals surface area contributed by atoms with Crippen LogP contribution >= 0.6 is 0 Å². The molecule has 1 aromatic heterocycles. The Morgan fingerprint density at radius 3 is 2.84 bits per heavy atom. The topological polar surface area (TPSA) is 71.8 Å². The van der Waals surface area contributed by atoms with Crippen molar-refractivity contribution < 1.29 is 4.79 Å². The van der Waals surface area contributed by atoms with Gasteiger partial charge in [0.25, 0.3) is 5.91 Å². The molecule has 6 heteroatoms. The van der Waals surface area contributed by atoms with E-state index in [-0.39, 0.29) is 23.8 Å². The van der Waals surface area contributed by atoms with Gasteiger partial charge in [-0.25, -0.2) is 9.67 Å². The molecule has 2 aromatic rings. The third kappa shape index (κ3) is 3.74. The summed E-state index contributed by atoms with van der Waals surface area (Å²) in [6, 6.07) is 8.51. The second-order valence-electron chi connectivity index (χ2n) is 7.07. The molecule has 134 valence electrons. The standard InChI is InChI=1S/C19H27N5O/c1-12(2)15-8-5-6-10-17(15)24-14(4)21-18(23-24)19(25)22-16-9-7-11-20-13(16)3/h5-6,8,10,12-13,16,20H,7,9,11H2,1-4H3,(H,22,25). The predicted molar refractivity (Wildman–Crippen MR) is 98.1 cm³/mol. The maximum Gasteiger partial charge on any atom is 0.291 e. The summed E-state index contributed by atoms with van der Waals surface area (Å²) in [4.78, 5) is 17.0. The SMILES string of the molecule is Cc1nc(C(=O)NC2CCCNC2C)nn1-c1ccccc1C(C)C. The van der Waals surface area contributed by atoms with Gasteiger partial charge in [-0.3, -0.25) is 4.79 Å². The van der Waals surface area contributed by atoms with Crippen molar-refractivity contribution in [1.29, 1.82) is 0 Å². The third-order valence-electron chi connectivity index (χ3n) is 4.84. The van der Waals surface area contributed by atoms with Crippen molar-refractivity contribution in [1.82, 2.24) is 25.4 Å². The molecule has 1 fully saturated rings. The van der Waals surface area contributed by atoms with Gasteiger partial charge in [-0.15, -0.1) is 5.10 Å². The number of aryl methyl sites for hydroxylation is 1. The van der Waals surface area contributed by atoms with Gasteiger partial charge >= 0.3 is 0 Å². The number of nitrogens with one attached hydrogen (secondary N) is 2. The Bertz CT molecular complexity index is 752. The smallest absolute Gasteiger partial charge is 0.291 e. The van der Waals surface area contributed by atoms with Gasteiger partial charge in [0, 0.05) is 12.1 Å². The Morgan fingerprint density at radius 2 is 2.12 bits per heavy atom. The zero-order chi connectivity index (χ0) is 18.0. The fraction of sp³-hybridized carbons (Fsp3) is 0.526. The highest BCUT2D eigenvalue weighted by Crippen LogP contribution is 2.23. The summed E-state index contributed by atoms with van der Waals surface area (Å²) in [5.74, 6) is 1.11. The molecule has 1 aliphatic heterocycles. The fourth-order valence-corrected chi connectivity index (χ4v) is 3.36. The highest BCUT2D eigenvalue weighted by Gasteiger charge is 2.25. The van der Waals surface area contributed by atoms with Crippen molar-refractivity contribution in [2.24, 2.45) is 0 Å². The zero-order valence-electron chi connectivity index (χ0n) is 15.4. The lowest BCUT2D eigenvalue weighted by Gasteiger charge is -2.30. The van der Waals surface area contributed by atoms with E-state index in [2.05, 4.69) is 47.6 Å². The van der Waals surface area contributed by atoms with E-state index in [0.29, 0.717) is 11.7 Å². The lowest BCUT2D eigenvalue weighted by Crippen LogP contribution is -2.52. The molecule has 25 heavy (non-hydrogen) atoms. The summed E-state index contributed by atoms with van der Waals surface area (Å²) in [6.07, 6.45) is 2.05. The number of carbonyl (C=O) groups excluding carboxylic acids is 1. The molecule has 1 saturated heterocycles. The van der Waals surface area contributed by atoms with Crippen LogP contribution in [0.1, 0.15) is 61.5 Å². The molecular weight excluding hydrogens is 314 g/mol. The first-order chi connectivity index (χ1) is 12.0. The number of carbonyl (C=O) groups is 1. The van der Waals surface area contributed by atoms with E-state index in [9.17, 15) is 4.79 Å². The van der Waals surface area contributed by atoms with Crippen LogP contribution < -0.4 is 10.6 Å². The molecule has 1 aromatic carbocycles. The maximum atomic E-state index is 12.6. The number of piperidine rings is 1. The maximum absolute atomic E-state index is 12.6. The van der Waals surface area contributed by atoms with Crippen LogP contribution in [0.25, 0.3) is 5.69 Å². The lowest BCUT2D eigenvalue weighted by atomic mass is 10.00. The molecule has 6 nitrogen and oxygen atoms in total. The Labute approximate surface area is 149 Å². The van der Waals surface area contributed by atoms with Gasteiger partial charge < -0.3 is 10.6 Å². The number of benzene rings is 1. The fourth-order valence-electron chi connectivity index (χ4n) is 3.36. The average molecular weight is 341 g/mol. The molecule has 1 aliphatic rings. The van der Waals surface area contributed by atoms with E-state index in [1.807, 2.05) is 25.1 Å². The van der Waals surface area contributed by atoms with Gasteiger partial charge in [0.15, 0.2) is 0 Å². The molecule has 0 bridgehead atoms. The van der Waals surface area contributed by atoms with Gasteiger partial charge in [0.2, 0.25) is 5.82 Å². The minimum Gasteiger partial charge on any atom is -0.345 e. The molecule has 0 saturated carbocycles. The molecule has 1 amide bonds. The molecular formula is C19H27N5O. The third-order valence-corrected chi connectivity index (χ3v) is 4.84. The number of amides is 1. The lowest BCUT2D eigenvalue weighted by molar-refractivity contribution is 0.0909. The van der Waals surface area contributed by atoms with E-state index in [4.69, 9.17) is 0 Å². The first-order valence-corrected chi connectivity index (χ1v) is 9.04. The van der Waals surface area contributed by atoms with Crippen molar-refractivity contribution in [3.05, 3.63) is 41.5 Å². The minimum atomic E-state index is -0.204. The quantitative estimate of drug-likeness (QED) is 0.896. The predicted octanol–water partition coefficient (Wildman–Crippen LogP) is 2.57. The van der Waals surface area contributed by atoms with Crippen molar-refractivity contribution in [3.63, 3.8) is 0 Å². The van der Waals surface area contributed by atoms with Gasteiger partial charge in [-0.05, 0) is 50.8 Å². The molecule has 0 radical (unpaired) electrons. The Balaban J connectivity index is 1.84. The van der Waals surface area contributed by atoms with Crippen molar-refractivity contribution in [2.45, 2.75) is 58.5 Å². The highest BCUT2D eigenvalue weighted by molar-refractivity contribution is 5.90. The largest absolute Gasteiger partial charge is 0.345 e. The highest BCUT2D eigenvalue weighted by atomic mass is 16.2. The van der Waals surface area contributed by atoms with Crippen LogP contribution in [-0.4, -0.2) is 39.3 Å². The number of aromatic nitrogens is 3. The molecule has 0 aliphatic carbocycles. The summed E-state index contributed by atoms with van der Waals surface area (Å²) < 4.78 is 1.77. The Hall–Kier alpha value is -2.21. The van der Waals surface area contributed by atoms with Gasteiger partial charge in [-0.2, -0.15) is 0 Å². The minimum absolute atomic E-state index is 0.122. The second kappa shape index (κ2) is 7.35. The number of rotatable bonds is 4. The molecule has 2 atom stereocenters. The summed E-state index contributed by atoms with van der Waals surface area (Å²) in [6.45, 7) is 9.28. The van der Waals surface area contributed by atoms with Crippen molar-refractivity contribution in [2.75, 3.05) is 6.54 Å². The molecule has 2 N–H and O–H groups in total. The van der Waals surface area contributed by atoms with Gasteiger partial charge in [-0.1, -0.05) is 32.0 Å². The summed E-state index contributed by atoms with van der Waals surface area (Å²) in [7, 11) is 0. The molecule has 3 rings (SSSR count). The second-order valence-corrected chi connectivity index (χ2v) is 7.07. The van der Waals surface area contributed by atoms with Crippen molar-refractivity contribution >= 4 is 5.91 Å². The first kappa shape index (κ1) is 17.6. The Morgan fingerprint density at radius 1 is 1.36 bits per heavy atom. The van der Waals surface area contributed by atoms with E-state index < -0.39 is 0 Å². The van der Waals surface area contributed by atoms with Crippen molar-refractivity contribution in [3.8, 4) is 5.69 Å². The van der Waals surface area contributed by atoms with Gasteiger partial charge in [0.05, 0.1) is 5.69 Å². The van der Waals surface area contributed by atoms with Crippen LogP contribution in [0.3, 0.4) is 0 Å². The number of hydrogen-bond donors (Lipinski definition) is 2. The van der Waals surface area contributed by atoms with E-state index in [1.54, 1.807) is 4.68 Å². The summed E-state index contributed by atoms with van der Waals surface area (Å²) in [5.41, 5.74) is 2.17. The summed E-state index contributed by atoms with van der Waals surface area (Å²) >= 11 is 0. The zero-order valence-corrected chi connectivity index (χ0v) is 15.4.